The van der Waals surface area contributed by atoms with E-state index >= 15 is 0 Å². The van der Waals surface area contributed by atoms with E-state index < -0.39 is 0 Å². The summed E-state index contributed by atoms with van der Waals surface area (Å²) < 4.78 is 0. The minimum absolute atomic E-state index is 0.0571. The van der Waals surface area contributed by atoms with Gasteiger partial charge in [0.25, 0.3) is 0 Å². The summed E-state index contributed by atoms with van der Waals surface area (Å²) in [6, 6.07) is 0.0571. The number of hydrogen-bond donors (Lipinski definition) is 1. The normalized spacial score (nSPS) is 21.7. The number of hydrogen-bond acceptors (Lipinski definition) is 3. The lowest BCUT2D eigenvalue weighted by Crippen LogP contribution is -2.37. The van der Waals surface area contributed by atoms with Crippen LogP contribution in [0.15, 0.2) is 0 Å². The van der Waals surface area contributed by atoms with Crippen molar-refractivity contribution in [2.45, 2.75) is 33.2 Å². The average molecular weight is 213 g/mol. The first kappa shape index (κ1) is 12.5. The van der Waals surface area contributed by atoms with Crippen LogP contribution < -0.4 is 5.32 Å². The fourth-order valence-corrected chi connectivity index (χ4v) is 1.92. The van der Waals surface area contributed by atoms with Crippen LogP contribution >= 0.6 is 0 Å². The van der Waals surface area contributed by atoms with Crippen molar-refractivity contribution in [1.29, 1.82) is 0 Å². The highest BCUT2D eigenvalue weighted by molar-refractivity contribution is 5.83. The maximum atomic E-state index is 11.8. The zero-order valence-corrected chi connectivity index (χ0v) is 10.1. The Morgan fingerprint density at radius 1 is 1.40 bits per heavy atom. The molecule has 0 aromatic carbocycles. The summed E-state index contributed by atoms with van der Waals surface area (Å²) in [6.07, 6.45) is 0.889. The third-order valence-electron chi connectivity index (χ3n) is 3.13. The van der Waals surface area contributed by atoms with Gasteiger partial charge in [-0.25, -0.2) is 0 Å². The molecule has 1 rings (SSSR count). The monoisotopic (exact) mass is 213 g/mol. The van der Waals surface area contributed by atoms with Crippen molar-refractivity contribution in [3.63, 3.8) is 0 Å². The molecule has 4 heteroatoms. The minimum Gasteiger partial charge on any atom is -0.327 e. The Morgan fingerprint density at radius 3 is 2.53 bits per heavy atom. The van der Waals surface area contributed by atoms with Crippen LogP contribution in [0.2, 0.25) is 0 Å². The van der Waals surface area contributed by atoms with Gasteiger partial charge in [-0.15, -0.1) is 0 Å². The average Bonchev–Trinajstić information content (AvgIpc) is 2.61. The number of likely N-dealkylation sites (N-methyl/N-ethyl adjacent to an activating group) is 1. The van der Waals surface area contributed by atoms with E-state index in [2.05, 4.69) is 24.1 Å². The smallest absolute Gasteiger partial charge is 0.240 e. The number of nitrogens with one attached hydrogen (secondary N) is 1. The van der Waals surface area contributed by atoms with Crippen LogP contribution in [-0.2, 0) is 4.79 Å². The molecule has 0 radical (unpaired) electrons. The summed E-state index contributed by atoms with van der Waals surface area (Å²) in [7, 11) is 0. The number of nitrogens with zero attached hydrogens (tertiary/aromatic N) is 2. The maximum absolute atomic E-state index is 11.8. The van der Waals surface area contributed by atoms with Crippen molar-refractivity contribution in [1.82, 2.24) is 15.1 Å². The van der Waals surface area contributed by atoms with Gasteiger partial charge >= 0.3 is 0 Å². The Kier molecular flexibility index (Phi) is 5.05. The molecule has 0 bridgehead atoms. The fraction of sp³-hybridized carbons (Fsp3) is 0.909. The molecule has 1 heterocycles. The largest absolute Gasteiger partial charge is 0.327 e. The topological polar surface area (TPSA) is 35.6 Å². The van der Waals surface area contributed by atoms with Gasteiger partial charge in [0.05, 0.1) is 12.7 Å². The predicted molar refractivity (Wildman–Crippen MR) is 61.6 cm³/mol. The van der Waals surface area contributed by atoms with Crippen LogP contribution in [-0.4, -0.2) is 54.6 Å². The van der Waals surface area contributed by atoms with E-state index in [-0.39, 0.29) is 11.9 Å². The lowest BCUT2D eigenvalue weighted by atomic mass is 10.2. The standard InChI is InChI=1S/C11H23N3O/c1-4-10-11(15)14(9-12-10)8-7-13(5-2)6-3/h10,12H,4-9H2,1-3H3. The first-order chi connectivity index (χ1) is 7.22. The Balaban J connectivity index is 2.31. The molecule has 4 nitrogen and oxygen atoms in total. The van der Waals surface area contributed by atoms with E-state index in [0.717, 1.165) is 39.3 Å². The highest BCUT2D eigenvalue weighted by Gasteiger charge is 2.28. The Bertz CT molecular complexity index is 204. The second-order valence-corrected chi connectivity index (χ2v) is 3.95. The van der Waals surface area contributed by atoms with Crippen molar-refractivity contribution < 1.29 is 4.79 Å². The molecular weight excluding hydrogens is 190 g/mol. The van der Waals surface area contributed by atoms with Crippen molar-refractivity contribution in [2.24, 2.45) is 0 Å². The predicted octanol–water partition coefficient (Wildman–Crippen LogP) is 0.496. The van der Waals surface area contributed by atoms with Crippen molar-refractivity contribution in [3.05, 3.63) is 0 Å². The molecule has 88 valence electrons. The molecule has 1 unspecified atom stereocenters. The van der Waals surface area contributed by atoms with Gasteiger partial charge < -0.3 is 9.80 Å². The van der Waals surface area contributed by atoms with Crippen LogP contribution in [0.3, 0.4) is 0 Å². The second-order valence-electron chi connectivity index (χ2n) is 3.95. The summed E-state index contributed by atoms with van der Waals surface area (Å²) in [5, 5.41) is 3.22. The van der Waals surface area contributed by atoms with Gasteiger partial charge in [0.1, 0.15) is 0 Å². The molecular formula is C11H23N3O. The Labute approximate surface area is 92.6 Å². The Hall–Kier alpha value is -0.610. The number of rotatable bonds is 6. The Morgan fingerprint density at radius 2 is 2.07 bits per heavy atom. The first-order valence-corrected chi connectivity index (χ1v) is 5.97. The number of carbonyl (C=O) groups excluding carboxylic acids is 1. The fourth-order valence-electron chi connectivity index (χ4n) is 1.92. The lowest BCUT2D eigenvalue weighted by Gasteiger charge is -2.22. The second kappa shape index (κ2) is 6.08. The third kappa shape index (κ3) is 3.18. The molecule has 0 saturated carbocycles. The van der Waals surface area contributed by atoms with Crippen LogP contribution in [0, 0.1) is 0 Å². The van der Waals surface area contributed by atoms with Crippen molar-refractivity contribution in [3.8, 4) is 0 Å². The van der Waals surface area contributed by atoms with Crippen LogP contribution in [0.5, 0.6) is 0 Å². The van der Waals surface area contributed by atoms with Gasteiger partial charge in [-0.1, -0.05) is 20.8 Å². The molecule has 1 N–H and O–H groups in total. The summed E-state index contributed by atoms with van der Waals surface area (Å²) in [6.45, 7) is 11.0. The summed E-state index contributed by atoms with van der Waals surface area (Å²) >= 11 is 0. The van der Waals surface area contributed by atoms with Crippen LogP contribution in [0.25, 0.3) is 0 Å². The molecule has 0 spiro atoms. The summed E-state index contributed by atoms with van der Waals surface area (Å²) in [5.74, 6) is 0.268. The number of amides is 1. The van der Waals surface area contributed by atoms with E-state index in [0.29, 0.717) is 0 Å². The first-order valence-electron chi connectivity index (χ1n) is 5.97. The highest BCUT2D eigenvalue weighted by atomic mass is 16.2. The van der Waals surface area contributed by atoms with Gasteiger partial charge in [0, 0.05) is 13.1 Å². The SMILES string of the molecule is CCC1NCN(CCN(CC)CC)C1=O. The van der Waals surface area contributed by atoms with Crippen molar-refractivity contribution in [2.75, 3.05) is 32.8 Å². The molecule has 0 aromatic rings. The zero-order chi connectivity index (χ0) is 11.3. The molecule has 0 aromatic heterocycles. The third-order valence-corrected chi connectivity index (χ3v) is 3.13. The van der Waals surface area contributed by atoms with E-state index in [9.17, 15) is 4.79 Å². The molecule has 1 aliphatic rings. The summed E-state index contributed by atoms with van der Waals surface area (Å²) in [5.41, 5.74) is 0. The highest BCUT2D eigenvalue weighted by Crippen LogP contribution is 2.06. The molecule has 1 aliphatic heterocycles. The van der Waals surface area contributed by atoms with Gasteiger partial charge in [-0.2, -0.15) is 0 Å². The van der Waals surface area contributed by atoms with E-state index in [1.807, 2.05) is 11.8 Å². The lowest BCUT2D eigenvalue weighted by molar-refractivity contribution is -0.129. The van der Waals surface area contributed by atoms with E-state index in [1.165, 1.54) is 0 Å². The van der Waals surface area contributed by atoms with Gasteiger partial charge in [-0.05, 0) is 19.5 Å². The molecule has 1 fully saturated rings. The van der Waals surface area contributed by atoms with Crippen molar-refractivity contribution >= 4 is 5.91 Å². The minimum atomic E-state index is 0.0571. The zero-order valence-electron chi connectivity index (χ0n) is 10.1. The van der Waals surface area contributed by atoms with E-state index in [4.69, 9.17) is 0 Å². The molecule has 15 heavy (non-hydrogen) atoms. The quantitative estimate of drug-likeness (QED) is 0.698. The van der Waals surface area contributed by atoms with Gasteiger partial charge in [-0.3, -0.25) is 10.1 Å². The maximum Gasteiger partial charge on any atom is 0.240 e. The van der Waals surface area contributed by atoms with Crippen LogP contribution in [0.4, 0.5) is 0 Å². The molecule has 1 saturated heterocycles. The van der Waals surface area contributed by atoms with Gasteiger partial charge in [0.2, 0.25) is 5.91 Å². The molecule has 1 amide bonds. The van der Waals surface area contributed by atoms with Gasteiger partial charge in [0.15, 0.2) is 0 Å². The molecule has 0 aliphatic carbocycles. The number of carbonyl (C=O) groups is 1. The van der Waals surface area contributed by atoms with E-state index in [1.54, 1.807) is 0 Å². The van der Waals surface area contributed by atoms with Crippen LogP contribution in [0.1, 0.15) is 27.2 Å². The molecule has 1 atom stereocenters. The summed E-state index contributed by atoms with van der Waals surface area (Å²) in [4.78, 5) is 16.0.